The van der Waals surface area contributed by atoms with E-state index in [0.717, 1.165) is 42.1 Å². The van der Waals surface area contributed by atoms with E-state index in [2.05, 4.69) is 0 Å². The van der Waals surface area contributed by atoms with Crippen molar-refractivity contribution in [2.45, 2.75) is 32.7 Å². The lowest BCUT2D eigenvalue weighted by Crippen LogP contribution is -2.23. The molecule has 6 heteroatoms. The Bertz CT molecular complexity index is 1260. The largest absolute Gasteiger partial charge is 0.497 e. The van der Waals surface area contributed by atoms with E-state index in [9.17, 15) is 4.79 Å². The molecule has 0 unspecified atom stereocenters. The minimum absolute atomic E-state index is 0.0120. The van der Waals surface area contributed by atoms with Crippen molar-refractivity contribution >= 4 is 10.9 Å². The Kier molecular flexibility index (Phi) is 7.81. The number of unbranched alkanes of at least 4 members (excludes halogenated alkanes) is 2. The lowest BCUT2D eigenvalue weighted by atomic mass is 10.1. The molecule has 1 aromatic heterocycles. The molecule has 3 aromatic carbocycles. The summed E-state index contributed by atoms with van der Waals surface area (Å²) in [6.45, 7) is 3.84. The van der Waals surface area contributed by atoms with Crippen molar-refractivity contribution in [3.05, 3.63) is 83.2 Å². The van der Waals surface area contributed by atoms with E-state index in [-0.39, 0.29) is 5.56 Å². The molecule has 0 bridgehead atoms. The highest BCUT2D eigenvalue weighted by Gasteiger charge is 2.12. The van der Waals surface area contributed by atoms with Crippen LogP contribution in [0.15, 0.2) is 77.6 Å². The van der Waals surface area contributed by atoms with Crippen LogP contribution in [0.2, 0.25) is 0 Å². The predicted octanol–water partition coefficient (Wildman–Crippen LogP) is 5.72. The molecule has 176 valence electrons. The average Bonchev–Trinajstić information content (AvgIpc) is 2.88. The number of fused-ring (bicyclic) bond motifs is 1. The van der Waals surface area contributed by atoms with Crippen LogP contribution in [0.5, 0.6) is 17.2 Å². The Labute approximate surface area is 199 Å². The molecule has 4 aromatic rings. The van der Waals surface area contributed by atoms with Crippen molar-refractivity contribution in [3.63, 3.8) is 0 Å². The first kappa shape index (κ1) is 23.4. The number of nitrogens with zero attached hydrogens (tertiary/aromatic N) is 2. The van der Waals surface area contributed by atoms with E-state index >= 15 is 0 Å². The van der Waals surface area contributed by atoms with E-state index < -0.39 is 0 Å². The fraction of sp³-hybridized carbons (Fsp3) is 0.286. The summed E-state index contributed by atoms with van der Waals surface area (Å²) >= 11 is 0. The normalized spacial score (nSPS) is 10.9. The highest BCUT2D eigenvalue weighted by atomic mass is 16.5. The molecule has 4 rings (SSSR count). The van der Waals surface area contributed by atoms with Gasteiger partial charge in [-0.25, -0.2) is 4.98 Å². The van der Waals surface area contributed by atoms with E-state index in [1.807, 2.05) is 79.7 Å². The lowest BCUT2D eigenvalue weighted by Gasteiger charge is -2.14. The van der Waals surface area contributed by atoms with Crippen LogP contribution in [0.25, 0.3) is 22.3 Å². The fourth-order valence-electron chi connectivity index (χ4n) is 3.87. The Morgan fingerprint density at radius 2 is 1.47 bits per heavy atom. The van der Waals surface area contributed by atoms with Crippen LogP contribution in [0.3, 0.4) is 0 Å². The molecule has 0 N–H and O–H groups in total. The number of para-hydroxylation sites is 1. The van der Waals surface area contributed by atoms with E-state index in [0.29, 0.717) is 36.5 Å². The third-order valence-electron chi connectivity index (χ3n) is 5.64. The number of rotatable bonds is 11. The molecule has 0 fully saturated rings. The summed E-state index contributed by atoms with van der Waals surface area (Å²) in [5.74, 6) is 3.13. The quantitative estimate of drug-likeness (QED) is 0.269. The first-order chi connectivity index (χ1) is 16.7. The third kappa shape index (κ3) is 5.57. The van der Waals surface area contributed by atoms with Gasteiger partial charge in [-0.15, -0.1) is 0 Å². The fourth-order valence-corrected chi connectivity index (χ4v) is 3.87. The van der Waals surface area contributed by atoms with E-state index in [1.54, 1.807) is 11.7 Å². The second kappa shape index (κ2) is 11.4. The molecule has 0 radical (unpaired) electrons. The van der Waals surface area contributed by atoms with Crippen molar-refractivity contribution in [1.29, 1.82) is 0 Å². The minimum atomic E-state index is -0.0120. The van der Waals surface area contributed by atoms with Crippen molar-refractivity contribution in [2.75, 3.05) is 20.3 Å². The number of benzene rings is 3. The first-order valence-corrected chi connectivity index (χ1v) is 11.7. The summed E-state index contributed by atoms with van der Waals surface area (Å²) in [6, 6.07) is 22.8. The summed E-state index contributed by atoms with van der Waals surface area (Å²) in [4.78, 5) is 18.1. The van der Waals surface area contributed by atoms with Crippen LogP contribution in [0.4, 0.5) is 0 Å². The van der Waals surface area contributed by atoms with Crippen LogP contribution < -0.4 is 19.8 Å². The average molecular weight is 459 g/mol. The van der Waals surface area contributed by atoms with Gasteiger partial charge in [0.2, 0.25) is 0 Å². The maximum atomic E-state index is 13.3. The monoisotopic (exact) mass is 458 g/mol. The number of methoxy groups -OCH3 is 1. The van der Waals surface area contributed by atoms with Crippen LogP contribution in [0.1, 0.15) is 26.2 Å². The van der Waals surface area contributed by atoms with Crippen LogP contribution in [-0.4, -0.2) is 29.9 Å². The summed E-state index contributed by atoms with van der Waals surface area (Å²) in [6.07, 6.45) is 2.70. The van der Waals surface area contributed by atoms with Gasteiger partial charge in [-0.2, -0.15) is 0 Å². The molecule has 0 saturated heterocycles. The Morgan fingerprint density at radius 1 is 0.794 bits per heavy atom. The SMILES string of the molecule is CCOc1ccc(OCCCCCn2c(-c3ccc(OC)cc3)nc3ccccc3c2=O)cc1. The summed E-state index contributed by atoms with van der Waals surface area (Å²) in [5, 5.41) is 0.638. The smallest absolute Gasteiger partial charge is 0.261 e. The molecular formula is C28H30N2O4. The van der Waals surface area contributed by atoms with Crippen LogP contribution >= 0.6 is 0 Å². The van der Waals surface area contributed by atoms with Gasteiger partial charge in [-0.1, -0.05) is 12.1 Å². The zero-order chi connectivity index (χ0) is 23.8. The van der Waals surface area contributed by atoms with Gasteiger partial charge in [0, 0.05) is 12.1 Å². The van der Waals surface area contributed by atoms with Crippen molar-refractivity contribution < 1.29 is 14.2 Å². The number of aromatic nitrogens is 2. The number of hydrogen-bond acceptors (Lipinski definition) is 5. The highest BCUT2D eigenvalue weighted by molar-refractivity contribution is 5.79. The van der Waals surface area contributed by atoms with E-state index in [1.165, 1.54) is 0 Å². The summed E-state index contributed by atoms with van der Waals surface area (Å²) < 4.78 is 18.4. The standard InChI is InChI=1S/C28H30N2O4/c1-3-33-23-15-17-24(18-16-23)34-20-8-4-7-19-30-27(21-11-13-22(32-2)14-12-21)29-26-10-6-5-9-25(26)28(30)31/h5-6,9-18H,3-4,7-8,19-20H2,1-2H3. The van der Waals surface area contributed by atoms with Crippen molar-refractivity contribution in [1.82, 2.24) is 9.55 Å². The maximum Gasteiger partial charge on any atom is 0.261 e. The summed E-state index contributed by atoms with van der Waals surface area (Å²) in [7, 11) is 1.64. The lowest BCUT2D eigenvalue weighted by molar-refractivity contribution is 0.302. The van der Waals surface area contributed by atoms with Gasteiger partial charge in [0.1, 0.15) is 23.1 Å². The first-order valence-electron chi connectivity index (χ1n) is 11.7. The maximum absolute atomic E-state index is 13.3. The molecule has 0 aliphatic heterocycles. The Balaban J connectivity index is 1.41. The molecule has 0 aliphatic carbocycles. The second-order valence-electron chi connectivity index (χ2n) is 7.95. The highest BCUT2D eigenvalue weighted by Crippen LogP contribution is 2.23. The number of ether oxygens (including phenoxy) is 3. The molecule has 6 nitrogen and oxygen atoms in total. The zero-order valence-corrected chi connectivity index (χ0v) is 19.7. The second-order valence-corrected chi connectivity index (χ2v) is 7.95. The molecule has 1 heterocycles. The molecular weight excluding hydrogens is 428 g/mol. The van der Waals surface area contributed by atoms with Gasteiger partial charge >= 0.3 is 0 Å². The minimum Gasteiger partial charge on any atom is -0.497 e. The molecule has 0 aliphatic rings. The number of hydrogen-bond donors (Lipinski definition) is 0. The topological polar surface area (TPSA) is 62.6 Å². The predicted molar refractivity (Wildman–Crippen MR) is 135 cm³/mol. The summed E-state index contributed by atoms with van der Waals surface area (Å²) in [5.41, 5.74) is 1.59. The van der Waals surface area contributed by atoms with Gasteiger partial charge in [0.25, 0.3) is 5.56 Å². The van der Waals surface area contributed by atoms with Gasteiger partial charge in [0.05, 0.1) is 31.2 Å². The Hall–Kier alpha value is -3.80. The van der Waals surface area contributed by atoms with Gasteiger partial charge in [0.15, 0.2) is 0 Å². The molecule has 0 spiro atoms. The van der Waals surface area contributed by atoms with Crippen LogP contribution in [0, 0.1) is 0 Å². The Morgan fingerprint density at radius 3 is 2.18 bits per heavy atom. The van der Waals surface area contributed by atoms with Gasteiger partial charge in [-0.05, 0) is 86.8 Å². The van der Waals surface area contributed by atoms with Crippen LogP contribution in [-0.2, 0) is 6.54 Å². The zero-order valence-electron chi connectivity index (χ0n) is 19.7. The molecule has 0 amide bonds. The van der Waals surface area contributed by atoms with Crippen molar-refractivity contribution in [3.8, 4) is 28.6 Å². The molecule has 0 atom stereocenters. The molecule has 0 saturated carbocycles. The third-order valence-corrected chi connectivity index (χ3v) is 5.64. The van der Waals surface area contributed by atoms with Crippen molar-refractivity contribution in [2.24, 2.45) is 0 Å². The van der Waals surface area contributed by atoms with Gasteiger partial charge in [-0.3, -0.25) is 9.36 Å². The van der Waals surface area contributed by atoms with Gasteiger partial charge < -0.3 is 14.2 Å². The molecule has 34 heavy (non-hydrogen) atoms. The van der Waals surface area contributed by atoms with E-state index in [4.69, 9.17) is 19.2 Å².